The summed E-state index contributed by atoms with van der Waals surface area (Å²) >= 11 is 3.48. The maximum atomic E-state index is 13.1. The van der Waals surface area contributed by atoms with E-state index >= 15 is 0 Å². The molecule has 0 aliphatic rings. The van der Waals surface area contributed by atoms with Crippen molar-refractivity contribution in [3.63, 3.8) is 0 Å². The van der Waals surface area contributed by atoms with E-state index in [1.165, 1.54) is 12.1 Å². The number of aromatic nitrogens is 2. The molecule has 0 atom stereocenters. The Kier molecular flexibility index (Phi) is 4.29. The molecule has 0 saturated heterocycles. The molecule has 3 rings (SSSR count). The molecule has 0 fully saturated rings. The van der Waals surface area contributed by atoms with Gasteiger partial charge in [0.15, 0.2) is 0 Å². The summed E-state index contributed by atoms with van der Waals surface area (Å²) < 4.78 is 20.9. The van der Waals surface area contributed by atoms with Gasteiger partial charge >= 0.3 is 5.97 Å². The molecule has 0 spiro atoms. The summed E-state index contributed by atoms with van der Waals surface area (Å²) in [5, 5.41) is 13.9. The number of nitrogens with zero attached hydrogens (tertiary/aromatic N) is 2. The normalized spacial score (nSPS) is 10.9. The Morgan fingerprint density at radius 2 is 2.00 bits per heavy atom. The van der Waals surface area contributed by atoms with Crippen molar-refractivity contribution in [2.75, 3.05) is 6.61 Å². The standard InChI is InChI=1S/C16H12BrFN2O3/c17-15-13(23-8-7-14(21)22)6-1-10-9-19-20(16(10)15)12-4-2-11(18)3-5-12/h1-6,9H,7-8H2,(H,21,22). The first kappa shape index (κ1) is 15.5. The minimum atomic E-state index is -0.918. The van der Waals surface area contributed by atoms with Crippen LogP contribution in [-0.4, -0.2) is 27.5 Å². The molecule has 3 aromatic rings. The number of carboxylic acids is 1. The summed E-state index contributed by atoms with van der Waals surface area (Å²) in [6, 6.07) is 9.58. The number of rotatable bonds is 5. The highest BCUT2D eigenvalue weighted by molar-refractivity contribution is 9.10. The van der Waals surface area contributed by atoms with Gasteiger partial charge in [-0.25, -0.2) is 9.07 Å². The second-order valence-corrected chi connectivity index (χ2v) is 5.63. The quantitative estimate of drug-likeness (QED) is 0.733. The Bertz CT molecular complexity index is 862. The average Bonchev–Trinajstić information content (AvgIpc) is 2.95. The molecule has 7 heteroatoms. The Labute approximate surface area is 139 Å². The SMILES string of the molecule is O=C(O)CCOc1ccc2cnn(-c3ccc(F)cc3)c2c1Br. The van der Waals surface area contributed by atoms with E-state index in [0.717, 1.165) is 10.9 Å². The monoisotopic (exact) mass is 378 g/mol. The summed E-state index contributed by atoms with van der Waals surface area (Å²) in [6.45, 7) is 0.0735. The number of carbonyl (C=O) groups is 1. The molecule has 0 amide bonds. The highest BCUT2D eigenvalue weighted by atomic mass is 79.9. The molecule has 1 heterocycles. The fourth-order valence-corrected chi connectivity index (χ4v) is 2.84. The summed E-state index contributed by atoms with van der Waals surface area (Å²) in [7, 11) is 0. The van der Waals surface area contributed by atoms with Crippen LogP contribution in [0.4, 0.5) is 4.39 Å². The molecule has 1 aromatic heterocycles. The molecule has 0 bridgehead atoms. The Balaban J connectivity index is 2.00. The predicted molar refractivity (Wildman–Crippen MR) is 86.5 cm³/mol. The lowest BCUT2D eigenvalue weighted by atomic mass is 10.2. The lowest BCUT2D eigenvalue weighted by molar-refractivity contribution is -0.137. The summed E-state index contributed by atoms with van der Waals surface area (Å²) in [5.41, 5.74) is 1.48. The summed E-state index contributed by atoms with van der Waals surface area (Å²) in [4.78, 5) is 10.6. The lowest BCUT2D eigenvalue weighted by Gasteiger charge is -2.10. The number of aliphatic carboxylic acids is 1. The Morgan fingerprint density at radius 1 is 1.26 bits per heavy atom. The van der Waals surface area contributed by atoms with Gasteiger partial charge in [-0.15, -0.1) is 0 Å². The Hall–Kier alpha value is -2.41. The van der Waals surface area contributed by atoms with Gasteiger partial charge in [-0.3, -0.25) is 4.79 Å². The zero-order valence-electron chi connectivity index (χ0n) is 11.9. The molecule has 1 N–H and O–H groups in total. The van der Waals surface area contributed by atoms with Gasteiger partial charge < -0.3 is 9.84 Å². The van der Waals surface area contributed by atoms with E-state index in [4.69, 9.17) is 9.84 Å². The number of hydrogen-bond donors (Lipinski definition) is 1. The molecular formula is C16H12BrFN2O3. The molecular weight excluding hydrogens is 367 g/mol. The highest BCUT2D eigenvalue weighted by Crippen LogP contribution is 2.34. The zero-order valence-corrected chi connectivity index (χ0v) is 13.5. The minimum Gasteiger partial charge on any atom is -0.492 e. The van der Waals surface area contributed by atoms with Crippen LogP contribution in [0.15, 0.2) is 47.1 Å². The molecule has 0 aliphatic carbocycles. The van der Waals surface area contributed by atoms with Crippen molar-refractivity contribution in [1.29, 1.82) is 0 Å². The van der Waals surface area contributed by atoms with E-state index < -0.39 is 5.97 Å². The van der Waals surface area contributed by atoms with Crippen LogP contribution in [0.1, 0.15) is 6.42 Å². The van der Waals surface area contributed by atoms with Crippen LogP contribution in [0.25, 0.3) is 16.6 Å². The number of benzene rings is 2. The molecule has 2 aromatic carbocycles. The first-order valence-electron chi connectivity index (χ1n) is 6.83. The fraction of sp³-hybridized carbons (Fsp3) is 0.125. The minimum absolute atomic E-state index is 0.0735. The van der Waals surface area contributed by atoms with Crippen molar-refractivity contribution >= 4 is 32.8 Å². The second-order valence-electron chi connectivity index (χ2n) is 4.84. The molecule has 23 heavy (non-hydrogen) atoms. The van der Waals surface area contributed by atoms with E-state index in [1.54, 1.807) is 29.1 Å². The van der Waals surface area contributed by atoms with E-state index in [1.807, 2.05) is 6.07 Å². The molecule has 118 valence electrons. The van der Waals surface area contributed by atoms with Gasteiger partial charge in [0.2, 0.25) is 0 Å². The third kappa shape index (κ3) is 3.19. The van der Waals surface area contributed by atoms with Crippen LogP contribution in [0.5, 0.6) is 5.75 Å². The maximum absolute atomic E-state index is 13.1. The van der Waals surface area contributed by atoms with Gasteiger partial charge in [-0.05, 0) is 52.3 Å². The van der Waals surface area contributed by atoms with Gasteiger partial charge in [-0.1, -0.05) is 0 Å². The van der Waals surface area contributed by atoms with Gasteiger partial charge in [0.25, 0.3) is 0 Å². The van der Waals surface area contributed by atoms with Crippen molar-refractivity contribution in [2.45, 2.75) is 6.42 Å². The van der Waals surface area contributed by atoms with Crippen LogP contribution in [0.2, 0.25) is 0 Å². The van der Waals surface area contributed by atoms with E-state index in [2.05, 4.69) is 21.0 Å². The fourth-order valence-electron chi connectivity index (χ4n) is 2.20. The second kappa shape index (κ2) is 6.37. The van der Waals surface area contributed by atoms with Crippen molar-refractivity contribution in [2.24, 2.45) is 0 Å². The van der Waals surface area contributed by atoms with Crippen molar-refractivity contribution in [3.8, 4) is 11.4 Å². The van der Waals surface area contributed by atoms with Gasteiger partial charge in [0.05, 0.1) is 34.9 Å². The first-order chi connectivity index (χ1) is 11.1. The van der Waals surface area contributed by atoms with Crippen LogP contribution >= 0.6 is 15.9 Å². The van der Waals surface area contributed by atoms with E-state index in [9.17, 15) is 9.18 Å². The van der Waals surface area contributed by atoms with Gasteiger partial charge in [0, 0.05) is 5.39 Å². The smallest absolute Gasteiger partial charge is 0.306 e. The molecule has 0 unspecified atom stereocenters. The number of fused-ring (bicyclic) bond motifs is 1. The van der Waals surface area contributed by atoms with Crippen LogP contribution < -0.4 is 4.74 Å². The van der Waals surface area contributed by atoms with Crippen LogP contribution in [-0.2, 0) is 4.79 Å². The molecule has 0 radical (unpaired) electrons. The first-order valence-corrected chi connectivity index (χ1v) is 7.62. The molecule has 0 aliphatic heterocycles. The molecule has 5 nitrogen and oxygen atoms in total. The number of carboxylic acid groups (broad SMARTS) is 1. The van der Waals surface area contributed by atoms with Crippen molar-refractivity contribution in [1.82, 2.24) is 9.78 Å². The van der Waals surface area contributed by atoms with Crippen molar-refractivity contribution < 1.29 is 19.0 Å². The summed E-state index contributed by atoms with van der Waals surface area (Å²) in [6.07, 6.45) is 1.62. The predicted octanol–water partition coefficient (Wildman–Crippen LogP) is 3.78. The van der Waals surface area contributed by atoms with Gasteiger partial charge in [0.1, 0.15) is 11.6 Å². The van der Waals surface area contributed by atoms with Crippen LogP contribution in [0.3, 0.4) is 0 Å². The van der Waals surface area contributed by atoms with E-state index in [0.29, 0.717) is 15.9 Å². The number of halogens is 2. The third-order valence-electron chi connectivity index (χ3n) is 3.28. The number of ether oxygens (including phenoxy) is 1. The third-order valence-corrected chi connectivity index (χ3v) is 4.05. The Morgan fingerprint density at radius 3 is 2.70 bits per heavy atom. The zero-order chi connectivity index (χ0) is 16.4. The van der Waals surface area contributed by atoms with Crippen molar-refractivity contribution in [3.05, 3.63) is 52.9 Å². The highest BCUT2D eigenvalue weighted by Gasteiger charge is 2.13. The van der Waals surface area contributed by atoms with Gasteiger partial charge in [-0.2, -0.15) is 5.10 Å². The topological polar surface area (TPSA) is 64.3 Å². The summed E-state index contributed by atoms with van der Waals surface area (Å²) in [5.74, 6) is -0.705. The van der Waals surface area contributed by atoms with E-state index in [-0.39, 0.29) is 18.8 Å². The average molecular weight is 379 g/mol. The maximum Gasteiger partial charge on any atom is 0.306 e. The van der Waals surface area contributed by atoms with Crippen LogP contribution in [0, 0.1) is 5.82 Å². The lowest BCUT2D eigenvalue weighted by Crippen LogP contribution is -2.05. The largest absolute Gasteiger partial charge is 0.492 e. The molecule has 0 saturated carbocycles. The number of hydrogen-bond acceptors (Lipinski definition) is 3.